The molecule has 0 N–H and O–H groups in total. The summed E-state index contributed by atoms with van der Waals surface area (Å²) in [5.74, 6) is 0. The first-order valence-corrected chi connectivity index (χ1v) is 43.9. The molecule has 0 spiro atoms. The molecular weight excluding hydrogens is 1360 g/mol. The van der Waals surface area contributed by atoms with Crippen molar-refractivity contribution in [1.82, 2.24) is 4.57 Å². The number of anilines is 6. The topological polar surface area (TPSA) is 11.4 Å². The number of rotatable bonds is 16. The first-order valence-electron chi connectivity index (χ1n) is 37.9. The van der Waals surface area contributed by atoms with E-state index in [0.717, 1.165) is 62.0 Å². The molecule has 0 saturated heterocycles. The molecule has 2 aliphatic heterocycles. The Hall–Kier alpha value is -13.1. The summed E-state index contributed by atoms with van der Waals surface area (Å²) in [6, 6.07) is 172. The molecule has 20 rings (SSSR count). The van der Waals surface area contributed by atoms with Crippen LogP contribution in [0.25, 0.3) is 38.6 Å². The second-order valence-electron chi connectivity index (χ2n) is 28.9. The third-order valence-corrected chi connectivity index (χ3v) is 37.7. The summed E-state index contributed by atoms with van der Waals surface area (Å²) in [5.41, 5.74) is 16.1. The summed E-state index contributed by atoms with van der Waals surface area (Å²) in [4.78, 5) is 5.36. The zero-order chi connectivity index (χ0) is 72.3. The molecule has 2 aliphatic rings. The Balaban J connectivity index is 0.973. The molecule has 3 nitrogen and oxygen atoms in total. The van der Waals surface area contributed by atoms with E-state index >= 15 is 0 Å². The number of benzene rings is 17. The number of aromatic nitrogens is 1. The van der Waals surface area contributed by atoms with Crippen LogP contribution >= 0.6 is 0 Å². The molecule has 0 bridgehead atoms. The normalized spacial score (nSPS) is 12.5. The molecule has 0 unspecified atom stereocenters. The molecule has 1 aromatic heterocycles. The van der Waals surface area contributed by atoms with Crippen LogP contribution in [0.4, 0.5) is 34.1 Å². The number of nitrogens with zero attached hydrogens (tertiary/aromatic N) is 3. The molecule has 0 radical (unpaired) electrons. The fourth-order valence-electron chi connectivity index (χ4n) is 18.9. The van der Waals surface area contributed by atoms with Gasteiger partial charge in [0.25, 0.3) is 6.71 Å². The monoisotopic (exact) mass is 1440 g/mol. The van der Waals surface area contributed by atoms with Crippen molar-refractivity contribution in [3.63, 3.8) is 0 Å². The lowest BCUT2D eigenvalue weighted by Crippen LogP contribution is -2.76. The van der Waals surface area contributed by atoms with Crippen LogP contribution in [0, 0.1) is 0 Å². The first kappa shape index (κ1) is 65.4. The van der Waals surface area contributed by atoms with E-state index < -0.39 is 24.2 Å². The minimum atomic E-state index is -3.23. The third kappa shape index (κ3) is 10.4. The van der Waals surface area contributed by atoms with Crippen molar-refractivity contribution >= 4 is 165 Å². The Bertz CT molecular complexity index is 6010. The Morgan fingerprint density at radius 1 is 0.193 bits per heavy atom. The summed E-state index contributed by atoms with van der Waals surface area (Å²) in [7, 11) is -9.58. The fourth-order valence-corrected chi connectivity index (χ4v) is 33.3. The maximum Gasteiger partial charge on any atom is 0.252 e. The van der Waals surface area contributed by atoms with Crippen LogP contribution in [-0.2, 0) is 0 Å². The van der Waals surface area contributed by atoms with E-state index in [1.807, 2.05) is 0 Å². The van der Waals surface area contributed by atoms with Gasteiger partial charge in [-0.15, -0.1) is 0 Å². The number of hydrogen-bond acceptors (Lipinski definition) is 2. The van der Waals surface area contributed by atoms with Gasteiger partial charge in [-0.2, -0.15) is 0 Å². The van der Waals surface area contributed by atoms with Crippen LogP contribution in [0.2, 0.25) is 0 Å². The average Bonchev–Trinajstić information content (AvgIpc) is 1.15. The highest BCUT2D eigenvalue weighted by atomic mass is 28.3. The summed E-state index contributed by atoms with van der Waals surface area (Å²) in [5, 5.41) is 18.3. The van der Waals surface area contributed by atoms with Crippen LogP contribution in [0.15, 0.2) is 449 Å². The smallest absolute Gasteiger partial charge is 0.252 e. The zero-order valence-corrected chi connectivity index (χ0v) is 63.1. The highest BCUT2D eigenvalue weighted by Gasteiger charge is 2.50. The van der Waals surface area contributed by atoms with Crippen molar-refractivity contribution in [2.24, 2.45) is 0 Å². The highest BCUT2D eigenvalue weighted by Crippen LogP contribution is 2.48. The van der Waals surface area contributed by atoms with Gasteiger partial charge < -0.3 is 14.4 Å². The van der Waals surface area contributed by atoms with Crippen LogP contribution in [0.5, 0.6) is 0 Å². The minimum Gasteiger partial charge on any atom is -0.311 e. The molecule has 3 heterocycles. The average molecular weight is 1440 g/mol. The van der Waals surface area contributed by atoms with Gasteiger partial charge in [0.15, 0.2) is 24.2 Å². The molecule has 0 saturated carbocycles. The molecule has 0 atom stereocenters. The summed E-state index contributed by atoms with van der Waals surface area (Å²) in [6.07, 6.45) is 0. The lowest BCUT2D eigenvalue weighted by Gasteiger charge is -2.46. The summed E-state index contributed by atoms with van der Waals surface area (Å²) < 4.78 is 2.54. The maximum atomic E-state index is 2.71. The standard InChI is InChI=1S/C102H74BN3Si3/c1-11-38-75(39-12-1)90-60-31-34-63-95(90)106-99-69-67-89(109(84-53-25-8-26-54-84,85-55-27-9-28-56-85)86-57-29-10-30-58-86)74-94(99)103-93-73-88(108(81-47-19-5-20-48-81,82-49-21-6-22-50-82)83-51-23-7-24-52-83)66-68-98(93)104(100-71-77(72-101(106)102(100)103)105-96-64-35-32-61-91(96)92-62-33-36-65-97(92)105)76-40-37-59-87(70-76)107(78-41-13-2-14-42-78,79-43-15-3-16-44-79)80-45-17-4-18-46-80/h1-74H. The van der Waals surface area contributed by atoms with Crippen LogP contribution in [-0.4, -0.2) is 35.5 Å². The quantitative estimate of drug-likeness (QED) is 0.0706. The van der Waals surface area contributed by atoms with Crippen LogP contribution < -0.4 is 88.4 Å². The van der Waals surface area contributed by atoms with Gasteiger partial charge in [-0.05, 0) is 139 Å². The molecule has 17 aromatic carbocycles. The Kier molecular flexibility index (Phi) is 16.4. The van der Waals surface area contributed by atoms with Crippen LogP contribution in [0.3, 0.4) is 0 Å². The Morgan fingerprint density at radius 2 is 0.495 bits per heavy atom. The largest absolute Gasteiger partial charge is 0.311 e. The van der Waals surface area contributed by atoms with Gasteiger partial charge in [-0.25, -0.2) is 0 Å². The van der Waals surface area contributed by atoms with Crippen molar-refractivity contribution < 1.29 is 0 Å². The van der Waals surface area contributed by atoms with Gasteiger partial charge in [-0.1, -0.05) is 394 Å². The molecule has 0 aliphatic carbocycles. The SMILES string of the molecule is c1ccc(-c2ccccc2N2c3ccc([Si](c4ccccc4)(c4ccccc4)c4ccccc4)cc3B3c4cc([Si](c5ccccc5)(c5ccccc5)c5ccccc5)ccc4N(c4cccc([Si](c5ccccc5)(c5ccccc5)c5ccccc5)c4)c4cc(-n5c6ccccc6c6ccccc65)cc2c43)cc1. The van der Waals surface area contributed by atoms with Gasteiger partial charge >= 0.3 is 0 Å². The summed E-state index contributed by atoms with van der Waals surface area (Å²) in [6.45, 7) is -0.323. The zero-order valence-electron chi connectivity index (χ0n) is 60.1. The minimum absolute atomic E-state index is 0.323. The molecule has 109 heavy (non-hydrogen) atoms. The lowest BCUT2D eigenvalue weighted by molar-refractivity contribution is 1.16. The second-order valence-corrected chi connectivity index (χ2v) is 40.3. The van der Waals surface area contributed by atoms with E-state index in [9.17, 15) is 0 Å². The highest BCUT2D eigenvalue weighted by molar-refractivity contribution is 7.21. The van der Waals surface area contributed by atoms with Gasteiger partial charge in [-0.3, -0.25) is 0 Å². The van der Waals surface area contributed by atoms with E-state index in [1.54, 1.807) is 0 Å². The van der Waals surface area contributed by atoms with E-state index in [-0.39, 0.29) is 6.71 Å². The molecule has 0 amide bonds. The van der Waals surface area contributed by atoms with Crippen molar-refractivity contribution in [3.8, 4) is 16.8 Å². The van der Waals surface area contributed by atoms with Gasteiger partial charge in [0.05, 0.1) is 22.4 Å². The van der Waals surface area contributed by atoms with Gasteiger partial charge in [0, 0.05) is 44.8 Å². The summed E-state index contributed by atoms with van der Waals surface area (Å²) >= 11 is 0. The van der Waals surface area contributed by atoms with Gasteiger partial charge in [0.1, 0.15) is 0 Å². The lowest BCUT2D eigenvalue weighted by atomic mass is 9.33. The fraction of sp³-hybridized carbons (Fsp3) is 0. The Morgan fingerprint density at radius 3 is 0.881 bits per heavy atom. The molecule has 7 heteroatoms. The van der Waals surface area contributed by atoms with Crippen molar-refractivity contribution in [2.75, 3.05) is 9.80 Å². The van der Waals surface area contributed by atoms with E-state index in [0.29, 0.717) is 0 Å². The second kappa shape index (κ2) is 27.3. The van der Waals surface area contributed by atoms with Crippen molar-refractivity contribution in [2.45, 2.75) is 0 Å². The number of hydrogen-bond donors (Lipinski definition) is 0. The maximum absolute atomic E-state index is 3.23. The molecule has 512 valence electrons. The first-order chi connectivity index (χ1) is 54.1. The van der Waals surface area contributed by atoms with Crippen LogP contribution in [0.1, 0.15) is 0 Å². The van der Waals surface area contributed by atoms with Gasteiger partial charge in [0.2, 0.25) is 0 Å². The number of para-hydroxylation sites is 3. The predicted molar refractivity (Wildman–Crippen MR) is 471 cm³/mol. The molecular formula is C102H74BN3Si3. The van der Waals surface area contributed by atoms with E-state index in [4.69, 9.17) is 0 Å². The Labute approximate surface area is 641 Å². The van der Waals surface area contributed by atoms with Crippen molar-refractivity contribution in [1.29, 1.82) is 0 Å². The molecule has 0 fully saturated rings. The number of fused-ring (bicyclic) bond motifs is 7. The molecule has 18 aromatic rings. The predicted octanol–water partition coefficient (Wildman–Crippen LogP) is 14.7. The third-order valence-electron chi connectivity index (χ3n) is 23.4. The van der Waals surface area contributed by atoms with E-state index in [1.165, 1.54) is 89.4 Å². The van der Waals surface area contributed by atoms with E-state index in [2.05, 4.69) is 463 Å². The van der Waals surface area contributed by atoms with Crippen molar-refractivity contribution in [3.05, 3.63) is 449 Å².